The van der Waals surface area contributed by atoms with Gasteiger partial charge in [-0.2, -0.15) is 0 Å². The molecule has 2 fully saturated rings. The van der Waals surface area contributed by atoms with Crippen LogP contribution in [0.2, 0.25) is 0 Å². The summed E-state index contributed by atoms with van der Waals surface area (Å²) >= 11 is 1.14. The second kappa shape index (κ2) is 10.1. The van der Waals surface area contributed by atoms with E-state index in [0.717, 1.165) is 43.0 Å². The Balaban J connectivity index is 1.80. The molecule has 2 heterocycles. The Morgan fingerprint density at radius 2 is 2.23 bits per heavy atom. The molecule has 0 bridgehead atoms. The van der Waals surface area contributed by atoms with Gasteiger partial charge in [0.1, 0.15) is 0 Å². The number of hydrogen-bond donors (Lipinski definition) is 3. The van der Waals surface area contributed by atoms with Crippen LogP contribution in [0.25, 0.3) is 0 Å². The fourth-order valence-corrected chi connectivity index (χ4v) is 4.03. The maximum atomic E-state index is 12.2. The topological polar surface area (TPSA) is 87.7 Å². The quantitative estimate of drug-likeness (QED) is 0.444. The Labute approximate surface area is 159 Å². The van der Waals surface area contributed by atoms with Gasteiger partial charge in [0.15, 0.2) is 5.79 Å². The van der Waals surface area contributed by atoms with E-state index >= 15 is 0 Å². The molecule has 0 aliphatic carbocycles. The summed E-state index contributed by atoms with van der Waals surface area (Å²) in [6.45, 7) is 4.46. The average Bonchev–Trinajstić information content (AvgIpc) is 3.02. The summed E-state index contributed by atoms with van der Waals surface area (Å²) in [6, 6.07) is -0.607. The van der Waals surface area contributed by atoms with E-state index in [9.17, 15) is 14.7 Å². The molecule has 6 nitrogen and oxygen atoms in total. The molecule has 2 rings (SSSR count). The first-order valence-electron chi connectivity index (χ1n) is 9.35. The second-order valence-electron chi connectivity index (χ2n) is 6.98. The molecule has 0 aromatic heterocycles. The molecule has 0 saturated carbocycles. The summed E-state index contributed by atoms with van der Waals surface area (Å²) in [5.41, 5.74) is 1.03. The van der Waals surface area contributed by atoms with Gasteiger partial charge in [0, 0.05) is 24.3 Å². The van der Waals surface area contributed by atoms with Gasteiger partial charge in [0.05, 0.1) is 12.6 Å². The number of rotatable bonds is 8. The van der Waals surface area contributed by atoms with Crippen LogP contribution in [0.4, 0.5) is 4.79 Å². The first-order chi connectivity index (χ1) is 12.4. The van der Waals surface area contributed by atoms with Crippen molar-refractivity contribution >= 4 is 22.9 Å². The highest BCUT2D eigenvalue weighted by molar-refractivity contribution is 8.14. The number of unbranched alkanes of at least 4 members (excludes halogenated alkanes) is 1. The molecule has 2 aliphatic rings. The molecule has 0 aromatic carbocycles. The highest BCUT2D eigenvalue weighted by Gasteiger charge is 2.46. The first kappa shape index (κ1) is 21.0. The summed E-state index contributed by atoms with van der Waals surface area (Å²) in [4.78, 5) is 23.6. The molecule has 3 N–H and O–H groups in total. The lowest BCUT2D eigenvalue weighted by atomic mass is 9.95. The number of carbonyl (C=O) groups excluding carboxylic acids is 2. The molecule has 26 heavy (non-hydrogen) atoms. The van der Waals surface area contributed by atoms with Gasteiger partial charge in [-0.15, -0.1) is 0 Å². The fraction of sp³-hybridized carbons (Fsp3) is 0.684. The van der Waals surface area contributed by atoms with E-state index in [2.05, 4.69) is 29.7 Å². The Morgan fingerprint density at radius 1 is 1.46 bits per heavy atom. The number of allylic oxidation sites excluding steroid dienone is 3. The Morgan fingerprint density at radius 3 is 2.92 bits per heavy atom. The maximum absolute atomic E-state index is 12.2. The zero-order valence-corrected chi connectivity index (χ0v) is 16.4. The molecule has 3 atom stereocenters. The van der Waals surface area contributed by atoms with Crippen molar-refractivity contribution < 1.29 is 19.4 Å². The van der Waals surface area contributed by atoms with Crippen LogP contribution in [0, 0.1) is 0 Å². The van der Waals surface area contributed by atoms with E-state index in [1.165, 1.54) is 0 Å². The van der Waals surface area contributed by atoms with Crippen LogP contribution >= 0.6 is 11.8 Å². The molecular formula is C19H30N2O4S. The fourth-order valence-electron chi connectivity index (χ4n) is 3.14. The molecule has 0 spiro atoms. The van der Waals surface area contributed by atoms with E-state index in [1.807, 2.05) is 6.92 Å². The predicted molar refractivity (Wildman–Crippen MR) is 104 cm³/mol. The van der Waals surface area contributed by atoms with Crippen LogP contribution in [0.5, 0.6) is 0 Å². The largest absolute Gasteiger partial charge is 0.364 e. The van der Waals surface area contributed by atoms with Crippen molar-refractivity contribution in [3.63, 3.8) is 0 Å². The van der Waals surface area contributed by atoms with E-state index in [4.69, 9.17) is 4.74 Å². The molecule has 7 heteroatoms. The van der Waals surface area contributed by atoms with Gasteiger partial charge in [0.25, 0.3) is 5.24 Å². The number of carbonyl (C=O) groups is 2. The summed E-state index contributed by atoms with van der Waals surface area (Å²) in [6.07, 6.45) is 10.9. The highest BCUT2D eigenvalue weighted by Crippen LogP contribution is 2.31. The number of aliphatic hydroxyl groups is 1. The molecule has 0 aromatic rings. The Kier molecular flexibility index (Phi) is 8.18. The first-order valence-corrected chi connectivity index (χ1v) is 10.3. The maximum Gasteiger partial charge on any atom is 0.279 e. The summed E-state index contributed by atoms with van der Waals surface area (Å²) in [7, 11) is 0. The minimum atomic E-state index is -1.42. The predicted octanol–water partition coefficient (Wildman–Crippen LogP) is 2.88. The Bertz CT molecular complexity index is 564. The van der Waals surface area contributed by atoms with Crippen molar-refractivity contribution in [2.24, 2.45) is 0 Å². The van der Waals surface area contributed by atoms with Crippen molar-refractivity contribution in [2.45, 2.75) is 70.2 Å². The monoisotopic (exact) mass is 382 g/mol. The minimum Gasteiger partial charge on any atom is -0.364 e. The SMILES string of the molecule is CCC/C=C\CC/C(C)=C\C(=O)NC1CCOC(O)(C2CSC(=O)N2)C1. The summed E-state index contributed by atoms with van der Waals surface area (Å²) < 4.78 is 5.53. The van der Waals surface area contributed by atoms with Crippen LogP contribution in [-0.2, 0) is 9.53 Å². The lowest BCUT2D eigenvalue weighted by molar-refractivity contribution is -0.240. The van der Waals surface area contributed by atoms with Gasteiger partial charge >= 0.3 is 0 Å². The number of hydrogen-bond acceptors (Lipinski definition) is 5. The minimum absolute atomic E-state index is 0.140. The van der Waals surface area contributed by atoms with Crippen LogP contribution in [0.1, 0.15) is 52.4 Å². The van der Waals surface area contributed by atoms with Crippen molar-refractivity contribution in [2.75, 3.05) is 12.4 Å². The molecule has 3 unspecified atom stereocenters. The normalized spacial score (nSPS) is 29.8. The van der Waals surface area contributed by atoms with Gasteiger partial charge in [-0.3, -0.25) is 9.59 Å². The zero-order chi connectivity index (χ0) is 19.0. The van der Waals surface area contributed by atoms with Gasteiger partial charge in [-0.25, -0.2) is 0 Å². The van der Waals surface area contributed by atoms with Crippen molar-refractivity contribution in [1.29, 1.82) is 0 Å². The van der Waals surface area contributed by atoms with Crippen molar-refractivity contribution in [3.8, 4) is 0 Å². The third kappa shape index (κ3) is 6.45. The van der Waals surface area contributed by atoms with E-state index < -0.39 is 11.8 Å². The van der Waals surface area contributed by atoms with Crippen LogP contribution in [0.15, 0.2) is 23.8 Å². The highest BCUT2D eigenvalue weighted by atomic mass is 32.2. The number of thioether (sulfide) groups is 1. The van der Waals surface area contributed by atoms with Crippen molar-refractivity contribution in [3.05, 3.63) is 23.8 Å². The molecule has 0 radical (unpaired) electrons. The number of nitrogens with one attached hydrogen (secondary N) is 2. The van der Waals surface area contributed by atoms with E-state index in [1.54, 1.807) is 6.08 Å². The zero-order valence-electron chi connectivity index (χ0n) is 15.6. The standard InChI is InChI=1S/C19H30N2O4S/c1-3-4-5-6-7-8-14(2)11-17(22)20-15-9-10-25-19(24,12-15)16-13-26-18(23)21-16/h5-6,11,15-16,24H,3-4,7-10,12-13H2,1-2H3,(H,20,22)(H,21,23)/b6-5-,14-11-. The lowest BCUT2D eigenvalue weighted by Crippen LogP contribution is -2.58. The summed E-state index contributed by atoms with van der Waals surface area (Å²) in [5.74, 6) is -1.09. The van der Waals surface area contributed by atoms with Crippen LogP contribution in [0.3, 0.4) is 0 Å². The van der Waals surface area contributed by atoms with Gasteiger partial charge in [-0.05, 0) is 32.6 Å². The van der Waals surface area contributed by atoms with E-state index in [0.29, 0.717) is 18.8 Å². The van der Waals surface area contributed by atoms with Gasteiger partial charge in [0.2, 0.25) is 5.91 Å². The third-order valence-corrected chi connectivity index (χ3v) is 5.51. The third-order valence-electron chi connectivity index (χ3n) is 4.63. The second-order valence-corrected chi connectivity index (χ2v) is 7.97. The van der Waals surface area contributed by atoms with Gasteiger partial charge < -0.3 is 20.5 Å². The molecular weight excluding hydrogens is 352 g/mol. The van der Waals surface area contributed by atoms with Gasteiger partial charge in [-0.1, -0.05) is 42.8 Å². The smallest absolute Gasteiger partial charge is 0.279 e. The average molecular weight is 383 g/mol. The molecule has 146 valence electrons. The lowest BCUT2D eigenvalue weighted by Gasteiger charge is -2.40. The summed E-state index contributed by atoms with van der Waals surface area (Å²) in [5, 5.41) is 16.3. The number of amides is 2. The molecule has 2 saturated heterocycles. The Hall–Kier alpha value is -1.31. The van der Waals surface area contributed by atoms with Crippen LogP contribution in [-0.4, -0.2) is 46.5 Å². The van der Waals surface area contributed by atoms with E-state index in [-0.39, 0.29) is 23.6 Å². The molecule has 2 aliphatic heterocycles. The van der Waals surface area contributed by atoms with Crippen molar-refractivity contribution in [1.82, 2.24) is 10.6 Å². The molecule has 2 amide bonds. The number of ether oxygens (including phenoxy) is 1. The van der Waals surface area contributed by atoms with Crippen LogP contribution < -0.4 is 10.6 Å².